The lowest BCUT2D eigenvalue weighted by Crippen LogP contribution is -2.30. The van der Waals surface area contributed by atoms with E-state index in [0.29, 0.717) is 18.9 Å². The lowest BCUT2D eigenvalue weighted by Gasteiger charge is -2.19. The molecule has 2 unspecified atom stereocenters. The van der Waals surface area contributed by atoms with Crippen molar-refractivity contribution in [2.45, 2.75) is 31.5 Å². The van der Waals surface area contributed by atoms with Crippen molar-refractivity contribution in [2.75, 3.05) is 6.07 Å². The van der Waals surface area contributed by atoms with Gasteiger partial charge in [-0.25, -0.2) is 14.4 Å². The van der Waals surface area contributed by atoms with Crippen LogP contribution in [0.3, 0.4) is 0 Å². The van der Waals surface area contributed by atoms with Gasteiger partial charge in [0.1, 0.15) is 12.2 Å². The molecule has 1 fully saturated rings. The van der Waals surface area contributed by atoms with Gasteiger partial charge in [0.15, 0.2) is 6.07 Å². The molecule has 7 nitrogen and oxygen atoms in total. The van der Waals surface area contributed by atoms with E-state index >= 15 is 0 Å². The van der Waals surface area contributed by atoms with Gasteiger partial charge in [0.25, 0.3) is 0 Å². The molecule has 1 saturated carbocycles. The van der Waals surface area contributed by atoms with Gasteiger partial charge < -0.3 is 19.3 Å². The zero-order chi connectivity index (χ0) is 14.3. The maximum atomic E-state index is 11.3. The van der Waals surface area contributed by atoms with Gasteiger partial charge in [0, 0.05) is 12.2 Å². The Bertz CT molecular complexity index is 379. The average molecular weight is 293 g/mol. The van der Waals surface area contributed by atoms with E-state index < -0.39 is 30.3 Å². The summed E-state index contributed by atoms with van der Waals surface area (Å²) < 4.78 is 14.3. The number of carboxylic acids is 1. The SMILES string of the molecule is O=C(O)/C=C/C(=O)OC1CCCC1OC(=O)OCCl. The molecule has 1 N–H and O–H groups in total. The van der Waals surface area contributed by atoms with E-state index in [-0.39, 0.29) is 6.07 Å². The highest BCUT2D eigenvalue weighted by Gasteiger charge is 2.33. The van der Waals surface area contributed by atoms with Crippen LogP contribution in [-0.4, -0.2) is 41.5 Å². The van der Waals surface area contributed by atoms with Crippen molar-refractivity contribution < 1.29 is 33.7 Å². The molecule has 0 aromatic carbocycles. The standard InChI is InChI=1S/C11H13ClO7/c12-6-17-11(16)19-8-3-1-2-7(8)18-10(15)5-4-9(13)14/h4-5,7-8H,1-3,6H2,(H,13,14)/b5-4+. The topological polar surface area (TPSA) is 99.1 Å². The summed E-state index contributed by atoms with van der Waals surface area (Å²) in [4.78, 5) is 32.6. The molecular formula is C11H13ClO7. The molecule has 0 aromatic heterocycles. The molecule has 0 amide bonds. The first kappa shape index (κ1) is 15.3. The minimum Gasteiger partial charge on any atom is -0.478 e. The Morgan fingerprint density at radius 1 is 1.16 bits per heavy atom. The Kier molecular flexibility index (Phi) is 6.14. The van der Waals surface area contributed by atoms with Gasteiger partial charge >= 0.3 is 18.1 Å². The summed E-state index contributed by atoms with van der Waals surface area (Å²) in [5.41, 5.74) is 0. The van der Waals surface area contributed by atoms with Crippen LogP contribution in [-0.2, 0) is 23.8 Å². The van der Waals surface area contributed by atoms with Gasteiger partial charge in [-0.3, -0.25) is 0 Å². The lowest BCUT2D eigenvalue weighted by atomic mass is 10.2. The largest absolute Gasteiger partial charge is 0.509 e. The predicted octanol–water partition coefficient (Wildman–Crippen LogP) is 1.44. The second kappa shape index (κ2) is 7.63. The number of halogens is 1. The zero-order valence-electron chi connectivity index (χ0n) is 9.91. The molecule has 8 heteroatoms. The number of aliphatic carboxylic acids is 1. The fourth-order valence-corrected chi connectivity index (χ4v) is 1.78. The fourth-order valence-electron chi connectivity index (χ4n) is 1.69. The van der Waals surface area contributed by atoms with E-state index in [2.05, 4.69) is 4.74 Å². The molecular weight excluding hydrogens is 280 g/mol. The molecule has 0 saturated heterocycles. The van der Waals surface area contributed by atoms with Crippen molar-refractivity contribution in [1.82, 2.24) is 0 Å². The van der Waals surface area contributed by atoms with Crippen molar-refractivity contribution in [1.29, 1.82) is 0 Å². The summed E-state index contributed by atoms with van der Waals surface area (Å²) in [6.07, 6.45) is 1.14. The van der Waals surface area contributed by atoms with E-state index in [0.717, 1.165) is 12.5 Å². The molecule has 1 aliphatic carbocycles. The summed E-state index contributed by atoms with van der Waals surface area (Å²) >= 11 is 5.20. The maximum absolute atomic E-state index is 11.3. The molecule has 0 spiro atoms. The quantitative estimate of drug-likeness (QED) is 0.465. The summed E-state index contributed by atoms with van der Waals surface area (Å²) in [5, 5.41) is 8.36. The highest BCUT2D eigenvalue weighted by molar-refractivity contribution is 6.17. The van der Waals surface area contributed by atoms with Gasteiger partial charge in [-0.15, -0.1) is 0 Å². The Hall–Kier alpha value is -1.76. The van der Waals surface area contributed by atoms with Crippen LogP contribution in [0.5, 0.6) is 0 Å². The number of rotatable bonds is 5. The smallest absolute Gasteiger partial charge is 0.478 e. The minimum absolute atomic E-state index is 0.322. The van der Waals surface area contributed by atoms with Crippen LogP contribution in [0.15, 0.2) is 12.2 Å². The number of ether oxygens (including phenoxy) is 3. The second-order valence-corrected chi connectivity index (χ2v) is 3.96. The van der Waals surface area contributed by atoms with Crippen LogP contribution in [0.4, 0.5) is 4.79 Å². The molecule has 106 valence electrons. The van der Waals surface area contributed by atoms with Crippen LogP contribution >= 0.6 is 11.6 Å². The Labute approximate surface area is 114 Å². The number of carbonyl (C=O) groups is 3. The minimum atomic E-state index is -1.25. The van der Waals surface area contributed by atoms with Crippen LogP contribution in [0.25, 0.3) is 0 Å². The van der Waals surface area contributed by atoms with Gasteiger partial charge in [0.2, 0.25) is 0 Å². The van der Waals surface area contributed by atoms with E-state index in [1.165, 1.54) is 0 Å². The van der Waals surface area contributed by atoms with Crippen molar-refractivity contribution in [3.05, 3.63) is 12.2 Å². The van der Waals surface area contributed by atoms with Crippen molar-refractivity contribution >= 4 is 29.7 Å². The fraction of sp³-hybridized carbons (Fsp3) is 0.545. The highest BCUT2D eigenvalue weighted by Crippen LogP contribution is 2.25. The monoisotopic (exact) mass is 292 g/mol. The van der Waals surface area contributed by atoms with E-state index in [1.807, 2.05) is 0 Å². The molecule has 0 bridgehead atoms. The molecule has 0 aromatic rings. The zero-order valence-corrected chi connectivity index (χ0v) is 10.7. The number of carbonyl (C=O) groups excluding carboxylic acids is 2. The van der Waals surface area contributed by atoms with E-state index in [1.54, 1.807) is 0 Å². The molecule has 0 heterocycles. The Morgan fingerprint density at radius 2 is 1.79 bits per heavy atom. The van der Waals surface area contributed by atoms with Crippen LogP contribution in [0.1, 0.15) is 19.3 Å². The lowest BCUT2D eigenvalue weighted by molar-refractivity contribution is -0.148. The van der Waals surface area contributed by atoms with Crippen LogP contribution < -0.4 is 0 Å². The third-order valence-corrected chi connectivity index (χ3v) is 2.55. The maximum Gasteiger partial charge on any atom is 0.509 e. The average Bonchev–Trinajstić information content (AvgIpc) is 2.74. The van der Waals surface area contributed by atoms with E-state index in [4.69, 9.17) is 26.2 Å². The second-order valence-electron chi connectivity index (χ2n) is 3.74. The Balaban J connectivity index is 2.45. The molecule has 19 heavy (non-hydrogen) atoms. The first-order chi connectivity index (χ1) is 9.02. The molecule has 0 aliphatic heterocycles. The Morgan fingerprint density at radius 3 is 2.37 bits per heavy atom. The summed E-state index contributed by atoms with van der Waals surface area (Å²) in [6.45, 7) is 0. The van der Waals surface area contributed by atoms with E-state index in [9.17, 15) is 14.4 Å². The summed E-state index contributed by atoms with van der Waals surface area (Å²) in [6, 6.07) is -0.322. The van der Waals surface area contributed by atoms with Crippen LogP contribution in [0.2, 0.25) is 0 Å². The summed E-state index contributed by atoms with van der Waals surface area (Å²) in [7, 11) is 0. The predicted molar refractivity (Wildman–Crippen MR) is 62.6 cm³/mol. The molecule has 1 rings (SSSR count). The van der Waals surface area contributed by atoms with Crippen molar-refractivity contribution in [3.63, 3.8) is 0 Å². The first-order valence-electron chi connectivity index (χ1n) is 5.54. The molecule has 2 atom stereocenters. The first-order valence-corrected chi connectivity index (χ1v) is 6.07. The van der Waals surface area contributed by atoms with Crippen molar-refractivity contribution in [3.8, 4) is 0 Å². The number of hydrogen-bond donors (Lipinski definition) is 1. The van der Waals surface area contributed by atoms with Crippen LogP contribution in [0, 0.1) is 0 Å². The van der Waals surface area contributed by atoms with Gasteiger partial charge in [-0.1, -0.05) is 11.6 Å². The molecule has 0 radical (unpaired) electrons. The van der Waals surface area contributed by atoms with Gasteiger partial charge in [-0.05, 0) is 19.3 Å². The number of carboxylic acid groups (broad SMARTS) is 1. The number of hydrogen-bond acceptors (Lipinski definition) is 6. The van der Waals surface area contributed by atoms with Gasteiger partial charge in [0.05, 0.1) is 0 Å². The molecule has 1 aliphatic rings. The number of esters is 1. The van der Waals surface area contributed by atoms with Gasteiger partial charge in [-0.2, -0.15) is 0 Å². The highest BCUT2D eigenvalue weighted by atomic mass is 35.5. The van der Waals surface area contributed by atoms with Crippen molar-refractivity contribution in [2.24, 2.45) is 0 Å². The third kappa shape index (κ3) is 5.60. The normalized spacial score (nSPS) is 22.2. The number of alkyl halides is 1. The third-order valence-electron chi connectivity index (χ3n) is 2.44. The summed E-state index contributed by atoms with van der Waals surface area (Å²) in [5.74, 6) is -2.05.